The van der Waals surface area contributed by atoms with Crippen LogP contribution in [0.4, 0.5) is 0 Å². The predicted molar refractivity (Wildman–Crippen MR) is 156 cm³/mol. The number of piperidine rings is 1. The van der Waals surface area contributed by atoms with Gasteiger partial charge in [0.1, 0.15) is 0 Å². The van der Waals surface area contributed by atoms with E-state index in [1.54, 1.807) is 13.2 Å². The van der Waals surface area contributed by atoms with Crippen LogP contribution in [0.2, 0.25) is 0 Å². The standard InChI is InChI=1S/C33H39N3O4/c1-24(25-11-5-3-6-12-25)19-29(37)35-18-17-33(40,32(22-35)15-9-10-16-32)23-36-21-28(31(39)34-2)27(20-30(36)38)26-13-7-4-8-14-26/h3-8,11-14,20-21,24,40H,9-10,15-19,22-23H2,1-2H3,(H,34,39)/t24-,33?/m0/s1. The molecule has 1 aromatic heterocycles. The molecule has 2 heterocycles. The van der Waals surface area contributed by atoms with Crippen molar-refractivity contribution in [2.24, 2.45) is 5.41 Å². The van der Waals surface area contributed by atoms with Crippen molar-refractivity contribution < 1.29 is 14.7 Å². The fourth-order valence-corrected chi connectivity index (χ4v) is 6.75. The molecule has 3 aromatic rings. The van der Waals surface area contributed by atoms with Crippen molar-refractivity contribution in [2.45, 2.75) is 63.5 Å². The van der Waals surface area contributed by atoms with Crippen LogP contribution in [0.3, 0.4) is 0 Å². The molecular weight excluding hydrogens is 502 g/mol. The number of likely N-dealkylation sites (tertiary alicyclic amines) is 1. The second-order valence-corrected chi connectivity index (χ2v) is 11.6. The molecule has 1 saturated carbocycles. The van der Waals surface area contributed by atoms with Crippen LogP contribution in [0.1, 0.15) is 67.3 Å². The zero-order valence-corrected chi connectivity index (χ0v) is 23.4. The minimum Gasteiger partial charge on any atom is -0.387 e. The molecule has 0 radical (unpaired) electrons. The summed E-state index contributed by atoms with van der Waals surface area (Å²) in [4.78, 5) is 41.6. The monoisotopic (exact) mass is 541 g/mol. The van der Waals surface area contributed by atoms with Gasteiger partial charge in [-0.05, 0) is 36.3 Å². The second-order valence-electron chi connectivity index (χ2n) is 11.6. The second kappa shape index (κ2) is 11.4. The minimum absolute atomic E-state index is 0.0906. The van der Waals surface area contributed by atoms with E-state index in [1.807, 2.05) is 53.4 Å². The van der Waals surface area contributed by atoms with Crippen LogP contribution < -0.4 is 10.9 Å². The number of pyridine rings is 1. The zero-order chi connectivity index (χ0) is 28.3. The molecule has 2 N–H and O–H groups in total. The molecule has 2 atom stereocenters. The number of nitrogens with one attached hydrogen (secondary N) is 1. The Kier molecular flexibility index (Phi) is 7.95. The maximum Gasteiger partial charge on any atom is 0.253 e. The van der Waals surface area contributed by atoms with Crippen molar-refractivity contribution in [1.82, 2.24) is 14.8 Å². The largest absolute Gasteiger partial charge is 0.387 e. The molecule has 2 aliphatic rings. The van der Waals surface area contributed by atoms with Crippen LogP contribution in [0.25, 0.3) is 11.1 Å². The Morgan fingerprint density at radius 3 is 2.30 bits per heavy atom. The topological polar surface area (TPSA) is 91.6 Å². The molecule has 2 amide bonds. The summed E-state index contributed by atoms with van der Waals surface area (Å²) in [5.74, 6) is -0.0713. The number of carbonyl (C=O) groups is 2. The van der Waals surface area contributed by atoms with Crippen molar-refractivity contribution in [3.05, 3.63) is 94.4 Å². The number of rotatable bonds is 7. The number of carbonyl (C=O) groups excluding carboxylic acids is 2. The van der Waals surface area contributed by atoms with E-state index in [2.05, 4.69) is 24.4 Å². The molecule has 2 aromatic carbocycles. The van der Waals surface area contributed by atoms with Gasteiger partial charge in [0.2, 0.25) is 5.91 Å². The lowest BCUT2D eigenvalue weighted by Crippen LogP contribution is -2.62. The summed E-state index contributed by atoms with van der Waals surface area (Å²) in [7, 11) is 1.57. The molecule has 1 aliphatic heterocycles. The first-order chi connectivity index (χ1) is 19.2. The molecular formula is C33H39N3O4. The maximum absolute atomic E-state index is 13.4. The van der Waals surface area contributed by atoms with Crippen LogP contribution in [0.5, 0.6) is 0 Å². The van der Waals surface area contributed by atoms with E-state index < -0.39 is 11.0 Å². The van der Waals surface area contributed by atoms with E-state index in [1.165, 1.54) is 10.6 Å². The average molecular weight is 542 g/mol. The van der Waals surface area contributed by atoms with E-state index in [9.17, 15) is 19.5 Å². The number of amides is 2. The lowest BCUT2D eigenvalue weighted by Gasteiger charge is -2.52. The van der Waals surface area contributed by atoms with Gasteiger partial charge in [0, 0.05) is 49.8 Å². The third-order valence-electron chi connectivity index (χ3n) is 9.15. The van der Waals surface area contributed by atoms with E-state index in [0.717, 1.165) is 36.8 Å². The van der Waals surface area contributed by atoms with Crippen molar-refractivity contribution in [3.63, 3.8) is 0 Å². The van der Waals surface area contributed by atoms with E-state index in [-0.39, 0.29) is 29.8 Å². The first kappa shape index (κ1) is 27.8. The van der Waals surface area contributed by atoms with Crippen LogP contribution in [0, 0.1) is 5.41 Å². The lowest BCUT2D eigenvalue weighted by molar-refractivity contribution is -0.160. The molecule has 7 heteroatoms. The molecule has 1 aliphatic carbocycles. The van der Waals surface area contributed by atoms with E-state index >= 15 is 0 Å². The first-order valence-electron chi connectivity index (χ1n) is 14.3. The molecule has 1 unspecified atom stereocenters. The summed E-state index contributed by atoms with van der Waals surface area (Å²) in [6.07, 6.45) is 5.98. The maximum atomic E-state index is 13.4. The van der Waals surface area contributed by atoms with Gasteiger partial charge in [-0.3, -0.25) is 14.4 Å². The fourth-order valence-electron chi connectivity index (χ4n) is 6.75. The quantitative estimate of drug-likeness (QED) is 0.458. The predicted octanol–water partition coefficient (Wildman–Crippen LogP) is 4.59. The van der Waals surface area contributed by atoms with Crippen LogP contribution >= 0.6 is 0 Å². The Labute approximate surface area is 235 Å². The van der Waals surface area contributed by atoms with Crippen LogP contribution in [-0.2, 0) is 11.3 Å². The molecule has 7 nitrogen and oxygen atoms in total. The van der Waals surface area contributed by atoms with E-state index in [4.69, 9.17) is 0 Å². The molecule has 2 fully saturated rings. The van der Waals surface area contributed by atoms with Gasteiger partial charge in [0.25, 0.3) is 11.5 Å². The summed E-state index contributed by atoms with van der Waals surface area (Å²) in [5, 5.41) is 14.9. The van der Waals surface area contributed by atoms with Gasteiger partial charge in [-0.1, -0.05) is 80.4 Å². The Morgan fingerprint density at radius 2 is 1.65 bits per heavy atom. The highest BCUT2D eigenvalue weighted by molar-refractivity contribution is 6.00. The zero-order valence-electron chi connectivity index (χ0n) is 23.4. The van der Waals surface area contributed by atoms with Crippen LogP contribution in [-0.4, -0.2) is 52.1 Å². The van der Waals surface area contributed by atoms with Crippen LogP contribution in [0.15, 0.2) is 77.7 Å². The number of nitrogens with zero attached hydrogens (tertiary/aromatic N) is 2. The number of aromatic nitrogens is 1. The van der Waals surface area contributed by atoms with Crippen molar-refractivity contribution in [1.29, 1.82) is 0 Å². The summed E-state index contributed by atoms with van der Waals surface area (Å²) < 4.78 is 1.49. The number of benzene rings is 2. The van der Waals surface area contributed by atoms with Gasteiger partial charge in [-0.15, -0.1) is 0 Å². The number of hydrogen-bond donors (Lipinski definition) is 2. The fraction of sp³-hybridized carbons (Fsp3) is 0.424. The summed E-state index contributed by atoms with van der Waals surface area (Å²) >= 11 is 0. The lowest BCUT2D eigenvalue weighted by atomic mass is 9.65. The highest BCUT2D eigenvalue weighted by atomic mass is 16.3. The molecule has 210 valence electrons. The molecule has 0 bridgehead atoms. The Balaban J connectivity index is 1.41. The average Bonchev–Trinajstić information content (AvgIpc) is 3.46. The SMILES string of the molecule is CNC(=O)c1cn(CC2(O)CCN(C(=O)C[C@H](C)c3ccccc3)CC23CCCC3)c(=O)cc1-c1ccccc1. The Bertz CT molecular complexity index is 1410. The first-order valence-corrected chi connectivity index (χ1v) is 14.3. The van der Waals surface area contributed by atoms with Gasteiger partial charge >= 0.3 is 0 Å². The van der Waals surface area contributed by atoms with Gasteiger partial charge < -0.3 is 19.9 Å². The van der Waals surface area contributed by atoms with Gasteiger partial charge in [0.05, 0.1) is 17.7 Å². The smallest absolute Gasteiger partial charge is 0.253 e. The van der Waals surface area contributed by atoms with Crippen molar-refractivity contribution >= 4 is 11.8 Å². The molecule has 1 spiro atoms. The van der Waals surface area contributed by atoms with Gasteiger partial charge in [-0.25, -0.2) is 0 Å². The van der Waals surface area contributed by atoms with E-state index in [0.29, 0.717) is 37.1 Å². The number of aliphatic hydroxyl groups is 1. The normalized spacial score (nSPS) is 20.8. The summed E-state index contributed by atoms with van der Waals surface area (Å²) in [6.45, 7) is 3.10. The highest BCUT2D eigenvalue weighted by Gasteiger charge is 2.55. The third-order valence-corrected chi connectivity index (χ3v) is 9.15. The molecule has 1 saturated heterocycles. The Hall–Kier alpha value is -3.71. The summed E-state index contributed by atoms with van der Waals surface area (Å²) in [5.41, 5.74) is 0.975. The minimum atomic E-state index is -1.16. The molecule has 5 rings (SSSR count). The molecule has 40 heavy (non-hydrogen) atoms. The van der Waals surface area contributed by atoms with Crippen molar-refractivity contribution in [2.75, 3.05) is 20.1 Å². The number of hydrogen-bond acceptors (Lipinski definition) is 4. The van der Waals surface area contributed by atoms with Gasteiger partial charge in [0.15, 0.2) is 0 Å². The Morgan fingerprint density at radius 1 is 1.00 bits per heavy atom. The van der Waals surface area contributed by atoms with Gasteiger partial charge in [-0.2, -0.15) is 0 Å². The van der Waals surface area contributed by atoms with Crippen molar-refractivity contribution in [3.8, 4) is 11.1 Å². The summed E-state index contributed by atoms with van der Waals surface area (Å²) in [6, 6.07) is 20.9. The highest BCUT2D eigenvalue weighted by Crippen LogP contribution is 2.51. The third kappa shape index (κ3) is 5.35.